The molecule has 6 rings (SSSR count). The van der Waals surface area contributed by atoms with Crippen molar-refractivity contribution in [1.29, 1.82) is 0 Å². The number of aryl methyl sites for hydroxylation is 1. The number of carbonyl (C=O) groups is 1. The van der Waals surface area contributed by atoms with Gasteiger partial charge in [-0.3, -0.25) is 4.79 Å². The first kappa shape index (κ1) is 25.9. The zero-order chi connectivity index (χ0) is 28.7. The number of nitrogens with zero attached hydrogens (tertiary/aromatic N) is 5. The van der Waals surface area contributed by atoms with E-state index in [-0.39, 0.29) is 29.4 Å². The molecule has 2 aromatic carbocycles. The summed E-state index contributed by atoms with van der Waals surface area (Å²) in [6, 6.07) is 13.7. The van der Waals surface area contributed by atoms with Crippen LogP contribution in [0.5, 0.6) is 11.8 Å². The molecule has 0 bridgehead atoms. The summed E-state index contributed by atoms with van der Waals surface area (Å²) in [5, 5.41) is 3.51. The van der Waals surface area contributed by atoms with Crippen LogP contribution in [-0.4, -0.2) is 30.4 Å². The molecule has 1 fully saturated rings. The lowest BCUT2D eigenvalue weighted by atomic mass is 9.98. The largest absolute Gasteiger partial charge is 0.421 e. The number of anilines is 2. The lowest BCUT2D eigenvalue weighted by molar-refractivity contribution is -0.113. The number of fused-ring (bicyclic) bond motifs is 1. The number of hydrogen-bond acceptors (Lipinski definition) is 7. The first-order valence-corrected chi connectivity index (χ1v) is 13.0. The Balaban J connectivity index is 1.39. The van der Waals surface area contributed by atoms with Gasteiger partial charge in [0.25, 0.3) is 5.91 Å². The molecule has 0 saturated heterocycles. The van der Waals surface area contributed by atoms with E-state index in [2.05, 4.69) is 38.4 Å². The summed E-state index contributed by atoms with van der Waals surface area (Å²) >= 11 is 0. The minimum atomic E-state index is -0.609. The molecule has 1 aliphatic carbocycles. The van der Waals surface area contributed by atoms with Gasteiger partial charge >= 0.3 is 6.01 Å². The molecule has 3 heterocycles. The highest BCUT2D eigenvalue weighted by Crippen LogP contribution is 2.43. The van der Waals surface area contributed by atoms with Crippen LogP contribution < -0.4 is 15.8 Å². The second-order valence-electron chi connectivity index (χ2n) is 9.79. The fraction of sp³-hybridized carbons (Fsp3) is 0.129. The topological polar surface area (TPSA) is 121 Å². The number of halogens is 1. The number of nitrogens with one attached hydrogen (secondary N) is 1. The molecule has 10 heteroatoms. The Kier molecular flexibility index (Phi) is 6.50. The Labute approximate surface area is 235 Å². The van der Waals surface area contributed by atoms with Crippen molar-refractivity contribution in [2.45, 2.75) is 12.8 Å². The molecule has 0 radical (unpaired) electrons. The Morgan fingerprint density at radius 1 is 1.12 bits per heavy atom. The van der Waals surface area contributed by atoms with Crippen LogP contribution >= 0.6 is 0 Å². The minimum Gasteiger partial charge on any atom is -0.421 e. The minimum absolute atomic E-state index is 0.00503. The number of aromatic nitrogens is 5. The first-order chi connectivity index (χ1) is 19.8. The molecule has 0 spiro atoms. The summed E-state index contributed by atoms with van der Waals surface area (Å²) in [5.74, 6) is -0.268. The lowest BCUT2D eigenvalue weighted by Crippen LogP contribution is -2.14. The van der Waals surface area contributed by atoms with Crippen molar-refractivity contribution in [3.8, 4) is 34.1 Å². The predicted molar refractivity (Wildman–Crippen MR) is 156 cm³/mol. The van der Waals surface area contributed by atoms with Crippen LogP contribution in [0.25, 0.3) is 39.5 Å². The number of nitrogen functional groups attached to an aromatic ring is 1. The predicted octanol–water partition coefficient (Wildman–Crippen LogP) is 6.15. The third-order valence-electron chi connectivity index (χ3n) is 7.06. The number of benzene rings is 2. The summed E-state index contributed by atoms with van der Waals surface area (Å²) in [6.07, 6.45) is 6.46. The highest BCUT2D eigenvalue weighted by atomic mass is 19.1. The number of hydrogen-bond donors (Lipinski definition) is 2. The Bertz CT molecular complexity index is 1840. The SMILES string of the molecule is C=Cc1ccnc(Oc2ccc(-c3c(-c4ccc(NC(=O)C(=C)C5CC5)cc4)n(C)c4ncnc(N)c34)cc2F)n1. The summed E-state index contributed by atoms with van der Waals surface area (Å²) in [5.41, 5.74) is 11.5. The summed E-state index contributed by atoms with van der Waals surface area (Å²) in [7, 11) is 1.86. The highest BCUT2D eigenvalue weighted by molar-refractivity contribution is 6.08. The third kappa shape index (κ3) is 4.91. The smallest absolute Gasteiger partial charge is 0.322 e. The van der Waals surface area contributed by atoms with Gasteiger partial charge in [-0.05, 0) is 66.3 Å². The van der Waals surface area contributed by atoms with E-state index in [1.807, 2.05) is 35.9 Å². The van der Waals surface area contributed by atoms with Crippen molar-refractivity contribution < 1.29 is 13.9 Å². The van der Waals surface area contributed by atoms with Gasteiger partial charge in [0.2, 0.25) is 0 Å². The van der Waals surface area contributed by atoms with Crippen LogP contribution in [0.1, 0.15) is 18.5 Å². The van der Waals surface area contributed by atoms with Gasteiger partial charge < -0.3 is 20.4 Å². The maximum atomic E-state index is 15.4. The van der Waals surface area contributed by atoms with Crippen molar-refractivity contribution in [2.24, 2.45) is 13.0 Å². The molecule has 0 atom stereocenters. The number of nitrogens with two attached hydrogens (primary N) is 1. The summed E-state index contributed by atoms with van der Waals surface area (Å²) in [6.45, 7) is 7.60. The van der Waals surface area contributed by atoms with Gasteiger partial charge in [0.05, 0.1) is 16.8 Å². The van der Waals surface area contributed by atoms with Crippen LogP contribution in [-0.2, 0) is 11.8 Å². The van der Waals surface area contributed by atoms with E-state index in [0.29, 0.717) is 39.1 Å². The maximum Gasteiger partial charge on any atom is 0.322 e. The van der Waals surface area contributed by atoms with Crippen LogP contribution in [0.3, 0.4) is 0 Å². The van der Waals surface area contributed by atoms with Crippen LogP contribution in [0.2, 0.25) is 0 Å². The molecule has 0 aliphatic heterocycles. The van der Waals surface area contributed by atoms with Crippen molar-refractivity contribution in [3.63, 3.8) is 0 Å². The first-order valence-electron chi connectivity index (χ1n) is 13.0. The maximum absolute atomic E-state index is 15.4. The summed E-state index contributed by atoms with van der Waals surface area (Å²) in [4.78, 5) is 29.4. The third-order valence-corrected chi connectivity index (χ3v) is 7.06. The number of ether oxygens (including phenoxy) is 1. The van der Waals surface area contributed by atoms with Gasteiger partial charge in [0, 0.05) is 30.1 Å². The zero-order valence-electron chi connectivity index (χ0n) is 22.3. The molecule has 3 N–H and O–H groups in total. The zero-order valence-corrected chi connectivity index (χ0v) is 22.3. The van der Waals surface area contributed by atoms with E-state index >= 15 is 4.39 Å². The molecule has 1 saturated carbocycles. The Hall–Kier alpha value is -5.38. The number of carbonyl (C=O) groups excluding carboxylic acids is 1. The summed E-state index contributed by atoms with van der Waals surface area (Å²) < 4.78 is 22.9. The molecule has 1 amide bonds. The second-order valence-corrected chi connectivity index (χ2v) is 9.79. The van der Waals surface area contributed by atoms with Gasteiger partial charge in [-0.2, -0.15) is 4.98 Å². The van der Waals surface area contributed by atoms with Gasteiger partial charge in [-0.25, -0.2) is 19.3 Å². The van der Waals surface area contributed by atoms with Crippen molar-refractivity contribution >= 4 is 34.5 Å². The van der Waals surface area contributed by atoms with Crippen LogP contribution in [0.15, 0.2) is 79.8 Å². The second kappa shape index (κ2) is 10.3. The highest BCUT2D eigenvalue weighted by Gasteiger charge is 2.29. The number of rotatable bonds is 8. The lowest BCUT2D eigenvalue weighted by Gasteiger charge is -2.12. The molecular formula is C31H26FN7O2. The van der Waals surface area contributed by atoms with E-state index < -0.39 is 5.82 Å². The van der Waals surface area contributed by atoms with Gasteiger partial charge in [-0.15, -0.1) is 0 Å². The molecular weight excluding hydrogens is 521 g/mol. The monoisotopic (exact) mass is 547 g/mol. The fourth-order valence-electron chi connectivity index (χ4n) is 4.79. The quantitative estimate of drug-likeness (QED) is 0.223. The van der Waals surface area contributed by atoms with Crippen LogP contribution in [0, 0.1) is 11.7 Å². The molecule has 3 aromatic heterocycles. The molecule has 1 aliphatic rings. The van der Waals surface area contributed by atoms with E-state index in [4.69, 9.17) is 10.5 Å². The average Bonchev–Trinajstić information content (AvgIpc) is 3.78. The van der Waals surface area contributed by atoms with E-state index in [0.717, 1.165) is 24.1 Å². The van der Waals surface area contributed by atoms with Gasteiger partial charge in [0.15, 0.2) is 11.6 Å². The Morgan fingerprint density at radius 2 is 1.88 bits per heavy atom. The van der Waals surface area contributed by atoms with E-state index in [1.54, 1.807) is 18.2 Å². The van der Waals surface area contributed by atoms with Gasteiger partial charge in [0.1, 0.15) is 17.8 Å². The molecule has 41 heavy (non-hydrogen) atoms. The molecule has 5 aromatic rings. The fourth-order valence-corrected chi connectivity index (χ4v) is 4.79. The molecule has 204 valence electrons. The van der Waals surface area contributed by atoms with Crippen molar-refractivity contribution in [3.05, 3.63) is 91.3 Å². The van der Waals surface area contributed by atoms with E-state index in [1.165, 1.54) is 24.7 Å². The number of amides is 1. The average molecular weight is 548 g/mol. The van der Waals surface area contributed by atoms with E-state index in [9.17, 15) is 4.79 Å². The molecule has 9 nitrogen and oxygen atoms in total. The molecule has 0 unspecified atom stereocenters. The van der Waals surface area contributed by atoms with Crippen molar-refractivity contribution in [2.75, 3.05) is 11.1 Å². The Morgan fingerprint density at radius 3 is 2.59 bits per heavy atom. The normalized spacial score (nSPS) is 12.7. The standard InChI is InChI=1S/C31H26FN7O2/c1-4-21-13-14-34-31(38-21)41-24-12-9-20(15-23(24)32)25-26-28(33)35-16-36-29(26)39(3)27(25)19-7-10-22(11-8-19)37-30(40)17(2)18-5-6-18/h4,7-16,18H,1-2,5-6H2,3H3,(H,37,40)(H2,33,35,36). The van der Waals surface area contributed by atoms with Crippen molar-refractivity contribution in [1.82, 2.24) is 24.5 Å². The van der Waals surface area contributed by atoms with Crippen LogP contribution in [0.4, 0.5) is 15.9 Å². The van der Waals surface area contributed by atoms with Gasteiger partial charge in [-0.1, -0.05) is 31.4 Å².